The largest absolute Gasteiger partial charge is 0.497 e. The second kappa shape index (κ2) is 12.0. The van der Waals surface area contributed by atoms with E-state index in [1.165, 1.54) is 50.6 Å². The van der Waals surface area contributed by atoms with Crippen molar-refractivity contribution in [3.63, 3.8) is 0 Å². The maximum absolute atomic E-state index is 13.5. The summed E-state index contributed by atoms with van der Waals surface area (Å²) in [6, 6.07) is 21.0. The van der Waals surface area contributed by atoms with Crippen molar-refractivity contribution in [3.8, 4) is 22.7 Å². The van der Waals surface area contributed by atoms with Crippen LogP contribution in [0.3, 0.4) is 0 Å². The molecule has 1 amide bonds. The lowest BCUT2D eigenvalue weighted by atomic mass is 10.2. The number of hydrogen-bond donors (Lipinski definition) is 1. The zero-order valence-corrected chi connectivity index (χ0v) is 21.7. The van der Waals surface area contributed by atoms with Gasteiger partial charge in [0.25, 0.3) is 0 Å². The molecule has 1 heterocycles. The predicted octanol–water partition coefficient (Wildman–Crippen LogP) is 3.96. The number of halogens is 1. The number of aromatic nitrogens is 2. The van der Waals surface area contributed by atoms with E-state index in [0.717, 1.165) is 9.87 Å². The number of rotatable bonds is 11. The van der Waals surface area contributed by atoms with Gasteiger partial charge in [0, 0.05) is 31.1 Å². The van der Waals surface area contributed by atoms with Crippen LogP contribution < -0.4 is 10.1 Å². The number of amides is 1. The number of methoxy groups -OCH3 is 2. The van der Waals surface area contributed by atoms with Gasteiger partial charge in [-0.05, 0) is 48.5 Å². The molecule has 1 N–H and O–H groups in total. The number of carbonyl (C=O) groups is 1. The van der Waals surface area contributed by atoms with E-state index in [2.05, 4.69) is 10.3 Å². The number of hydrogen-bond acceptors (Lipinski definition) is 6. The van der Waals surface area contributed by atoms with Gasteiger partial charge in [-0.1, -0.05) is 30.3 Å². The predicted molar refractivity (Wildman–Crippen MR) is 141 cm³/mol. The molecule has 0 unspecified atom stereocenters. The number of ether oxygens (including phenoxy) is 2. The Hall–Kier alpha value is -4.06. The third-order valence-corrected chi connectivity index (χ3v) is 7.55. The van der Waals surface area contributed by atoms with E-state index < -0.39 is 28.3 Å². The van der Waals surface area contributed by atoms with Crippen molar-refractivity contribution >= 4 is 21.9 Å². The summed E-state index contributed by atoms with van der Waals surface area (Å²) in [6.07, 6.45) is 1.72. The van der Waals surface area contributed by atoms with Crippen LogP contribution in [0.4, 0.5) is 10.3 Å². The van der Waals surface area contributed by atoms with Crippen LogP contribution in [0.2, 0.25) is 0 Å². The van der Waals surface area contributed by atoms with Gasteiger partial charge in [-0.3, -0.25) is 14.7 Å². The molecule has 0 fully saturated rings. The van der Waals surface area contributed by atoms with Gasteiger partial charge in [-0.15, -0.1) is 0 Å². The fraction of sp³-hybridized carbons (Fsp3) is 0.185. The molecule has 1 aromatic heterocycles. The lowest BCUT2D eigenvalue weighted by molar-refractivity contribution is -0.116. The van der Waals surface area contributed by atoms with Gasteiger partial charge in [0.05, 0.1) is 30.9 Å². The number of nitrogens with one attached hydrogen (secondary N) is 1. The maximum atomic E-state index is 13.5. The average molecular weight is 539 g/mol. The molecule has 9 nitrogen and oxygen atoms in total. The van der Waals surface area contributed by atoms with Crippen molar-refractivity contribution in [2.45, 2.75) is 4.90 Å². The van der Waals surface area contributed by atoms with E-state index in [9.17, 15) is 17.6 Å². The van der Waals surface area contributed by atoms with E-state index in [-0.39, 0.29) is 24.0 Å². The molecule has 0 saturated carbocycles. The second-order valence-corrected chi connectivity index (χ2v) is 10.2. The summed E-state index contributed by atoms with van der Waals surface area (Å²) < 4.78 is 53.0. The first-order chi connectivity index (χ1) is 18.3. The Balaban J connectivity index is 1.62. The standard InChI is InChI=1S/C27H27FN4O5S/c1-36-17-16-31(38(34,35)24-14-12-23(37-2)13-15-24)19-26(33)30-27-29-25(20-6-4-3-5-7-20)18-32(27)22-10-8-21(28)9-11-22/h3-15,18H,16-17,19H2,1-2H3,(H,29,30,33). The normalized spacial score (nSPS) is 11.5. The van der Waals surface area contributed by atoms with Gasteiger partial charge < -0.3 is 9.47 Å². The zero-order valence-electron chi connectivity index (χ0n) is 20.9. The molecule has 0 atom stereocenters. The summed E-state index contributed by atoms with van der Waals surface area (Å²) in [5.74, 6) is -0.340. The van der Waals surface area contributed by atoms with Crippen molar-refractivity contribution in [2.24, 2.45) is 0 Å². The lowest BCUT2D eigenvalue weighted by Gasteiger charge is -2.21. The summed E-state index contributed by atoms with van der Waals surface area (Å²) in [7, 11) is -1.09. The first-order valence-electron chi connectivity index (χ1n) is 11.7. The van der Waals surface area contributed by atoms with Crippen molar-refractivity contribution in [3.05, 3.63) is 90.9 Å². The Morgan fingerprint density at radius 3 is 2.32 bits per heavy atom. The average Bonchev–Trinajstić information content (AvgIpc) is 3.35. The number of benzene rings is 3. The van der Waals surface area contributed by atoms with Crippen LogP contribution in [-0.2, 0) is 19.6 Å². The topological polar surface area (TPSA) is 103 Å². The highest BCUT2D eigenvalue weighted by atomic mass is 32.2. The molecule has 0 aliphatic rings. The van der Waals surface area contributed by atoms with Crippen LogP contribution in [0.1, 0.15) is 0 Å². The van der Waals surface area contributed by atoms with E-state index in [1.807, 2.05) is 30.3 Å². The molecule has 198 valence electrons. The summed E-state index contributed by atoms with van der Waals surface area (Å²) in [5.41, 5.74) is 1.96. The number of anilines is 1. The smallest absolute Gasteiger partial charge is 0.243 e. The van der Waals surface area contributed by atoms with E-state index in [4.69, 9.17) is 9.47 Å². The molecule has 0 saturated heterocycles. The first-order valence-corrected chi connectivity index (χ1v) is 13.1. The van der Waals surface area contributed by atoms with E-state index in [0.29, 0.717) is 17.1 Å². The third-order valence-electron chi connectivity index (χ3n) is 5.69. The van der Waals surface area contributed by atoms with Crippen molar-refractivity contribution in [1.29, 1.82) is 0 Å². The summed E-state index contributed by atoms with van der Waals surface area (Å²) in [6.45, 7) is -0.431. The minimum absolute atomic E-state index is 0.0152. The van der Waals surface area contributed by atoms with Crippen molar-refractivity contribution in [1.82, 2.24) is 13.9 Å². The minimum atomic E-state index is -4.02. The Morgan fingerprint density at radius 1 is 1.00 bits per heavy atom. The maximum Gasteiger partial charge on any atom is 0.243 e. The number of carbonyl (C=O) groups excluding carboxylic acids is 1. The van der Waals surface area contributed by atoms with Gasteiger partial charge in [-0.2, -0.15) is 4.31 Å². The molecule has 11 heteroatoms. The molecular formula is C27H27FN4O5S. The molecule has 38 heavy (non-hydrogen) atoms. The fourth-order valence-corrected chi connectivity index (χ4v) is 5.09. The van der Waals surface area contributed by atoms with Crippen LogP contribution in [0.25, 0.3) is 16.9 Å². The van der Waals surface area contributed by atoms with Crippen molar-refractivity contribution in [2.75, 3.05) is 39.2 Å². The van der Waals surface area contributed by atoms with Crippen LogP contribution in [0.15, 0.2) is 90.0 Å². The van der Waals surface area contributed by atoms with Gasteiger partial charge in [0.2, 0.25) is 21.9 Å². The number of nitrogens with zero attached hydrogens (tertiary/aromatic N) is 3. The monoisotopic (exact) mass is 538 g/mol. The lowest BCUT2D eigenvalue weighted by Crippen LogP contribution is -2.40. The van der Waals surface area contributed by atoms with Crippen LogP contribution in [-0.4, -0.2) is 62.1 Å². The van der Waals surface area contributed by atoms with Crippen LogP contribution in [0.5, 0.6) is 5.75 Å². The van der Waals surface area contributed by atoms with Gasteiger partial charge in [0.15, 0.2) is 0 Å². The van der Waals surface area contributed by atoms with Crippen LogP contribution in [0, 0.1) is 5.82 Å². The van der Waals surface area contributed by atoms with Crippen molar-refractivity contribution < 1.29 is 27.1 Å². The molecule has 0 bridgehead atoms. The molecule has 4 aromatic rings. The highest BCUT2D eigenvalue weighted by Crippen LogP contribution is 2.25. The minimum Gasteiger partial charge on any atom is -0.497 e. The Morgan fingerprint density at radius 2 is 1.68 bits per heavy atom. The molecule has 0 spiro atoms. The van der Waals surface area contributed by atoms with Gasteiger partial charge in [0.1, 0.15) is 11.6 Å². The fourth-order valence-electron chi connectivity index (χ4n) is 3.71. The van der Waals surface area contributed by atoms with E-state index in [1.54, 1.807) is 22.9 Å². The molecule has 3 aromatic carbocycles. The molecule has 0 radical (unpaired) electrons. The Bertz CT molecular complexity index is 1470. The summed E-state index contributed by atoms with van der Waals surface area (Å²) >= 11 is 0. The molecule has 4 rings (SSSR count). The summed E-state index contributed by atoms with van der Waals surface area (Å²) in [4.78, 5) is 17.7. The third kappa shape index (κ3) is 6.25. The highest BCUT2D eigenvalue weighted by Gasteiger charge is 2.27. The first kappa shape index (κ1) is 27.0. The SMILES string of the molecule is COCCN(CC(=O)Nc1nc(-c2ccccc2)cn1-c1ccc(F)cc1)S(=O)(=O)c1ccc(OC)cc1. The zero-order chi connectivity index (χ0) is 27.1. The quantitative estimate of drug-likeness (QED) is 0.310. The summed E-state index contributed by atoms with van der Waals surface area (Å²) in [5, 5.41) is 2.71. The Labute approximate surface area is 220 Å². The van der Waals surface area contributed by atoms with Crippen LogP contribution >= 0.6 is 0 Å². The second-order valence-electron chi connectivity index (χ2n) is 8.22. The number of sulfonamides is 1. The molecular weight excluding hydrogens is 511 g/mol. The number of imidazole rings is 1. The van der Waals surface area contributed by atoms with E-state index >= 15 is 0 Å². The molecule has 0 aliphatic carbocycles. The van der Waals surface area contributed by atoms with Gasteiger partial charge >= 0.3 is 0 Å². The van der Waals surface area contributed by atoms with Gasteiger partial charge in [-0.25, -0.2) is 17.8 Å². The highest BCUT2D eigenvalue weighted by molar-refractivity contribution is 7.89. The Kier molecular flexibility index (Phi) is 8.52. The molecule has 0 aliphatic heterocycles.